The number of thioether (sulfide) groups is 1. The number of rotatable bonds is 8. The Morgan fingerprint density at radius 3 is 3.22 bits per heavy atom. The third-order valence-electron chi connectivity index (χ3n) is 2.79. The van der Waals surface area contributed by atoms with Crippen molar-refractivity contribution in [2.45, 2.75) is 13.0 Å². The maximum absolute atomic E-state index is 5.48. The van der Waals surface area contributed by atoms with Crippen molar-refractivity contribution in [3.63, 3.8) is 0 Å². The van der Waals surface area contributed by atoms with Crippen LogP contribution in [0, 0.1) is 5.92 Å². The second-order valence-corrected chi connectivity index (χ2v) is 5.43. The molecule has 18 heavy (non-hydrogen) atoms. The first-order valence-corrected chi connectivity index (χ1v) is 7.37. The number of ether oxygens (including phenoxy) is 1. The molecule has 0 amide bonds. The summed E-state index contributed by atoms with van der Waals surface area (Å²) in [6.07, 6.45) is 1.28. The molecule has 102 valence electrons. The van der Waals surface area contributed by atoms with Crippen LogP contribution in [0.5, 0.6) is 0 Å². The molecule has 2 N–H and O–H groups in total. The Balaban J connectivity index is 1.65. The van der Waals surface area contributed by atoms with E-state index < -0.39 is 0 Å². The summed E-state index contributed by atoms with van der Waals surface area (Å²) in [5.41, 5.74) is 0. The minimum atomic E-state index is 0.524. The van der Waals surface area contributed by atoms with Crippen LogP contribution in [0.25, 0.3) is 0 Å². The topological polar surface area (TPSA) is 72.2 Å². The molecule has 1 aliphatic rings. The fourth-order valence-corrected chi connectivity index (χ4v) is 3.03. The van der Waals surface area contributed by atoms with Gasteiger partial charge in [-0.15, -0.1) is 5.10 Å². The Kier molecular flexibility index (Phi) is 5.76. The molecule has 0 aliphatic carbocycles. The highest BCUT2D eigenvalue weighted by Crippen LogP contribution is 2.23. The van der Waals surface area contributed by atoms with Crippen molar-refractivity contribution in [3.8, 4) is 0 Å². The smallest absolute Gasteiger partial charge is 0.315 e. The van der Waals surface area contributed by atoms with Gasteiger partial charge in [0.05, 0.1) is 13.2 Å². The minimum absolute atomic E-state index is 0.524. The zero-order valence-electron chi connectivity index (χ0n) is 10.6. The van der Waals surface area contributed by atoms with Gasteiger partial charge < -0.3 is 19.8 Å². The summed E-state index contributed by atoms with van der Waals surface area (Å²) in [4.78, 5) is 0. The molecule has 0 radical (unpaired) electrons. The number of aromatic nitrogens is 2. The Bertz CT molecular complexity index is 342. The van der Waals surface area contributed by atoms with Gasteiger partial charge in [-0.3, -0.25) is 0 Å². The van der Waals surface area contributed by atoms with Gasteiger partial charge in [0, 0.05) is 20.2 Å². The molecule has 0 saturated carbocycles. The SMILES string of the molecule is COCCNCc1nnc(NCC2CCSC2)o1. The first kappa shape index (κ1) is 13.6. The van der Waals surface area contributed by atoms with Crippen molar-refractivity contribution in [1.29, 1.82) is 0 Å². The first-order valence-electron chi connectivity index (χ1n) is 6.22. The summed E-state index contributed by atoms with van der Waals surface area (Å²) in [7, 11) is 1.68. The van der Waals surface area contributed by atoms with Crippen LogP contribution in [0.4, 0.5) is 6.01 Å². The van der Waals surface area contributed by atoms with E-state index in [1.165, 1.54) is 17.9 Å². The van der Waals surface area contributed by atoms with Gasteiger partial charge in [0.25, 0.3) is 0 Å². The maximum Gasteiger partial charge on any atom is 0.315 e. The summed E-state index contributed by atoms with van der Waals surface area (Å²) < 4.78 is 10.4. The van der Waals surface area contributed by atoms with Gasteiger partial charge in [-0.1, -0.05) is 5.10 Å². The molecule has 1 aromatic rings. The third-order valence-corrected chi connectivity index (χ3v) is 4.02. The minimum Gasteiger partial charge on any atom is -0.407 e. The van der Waals surface area contributed by atoms with Crippen molar-refractivity contribution >= 4 is 17.8 Å². The van der Waals surface area contributed by atoms with E-state index in [2.05, 4.69) is 20.8 Å². The zero-order chi connectivity index (χ0) is 12.6. The Morgan fingerprint density at radius 2 is 2.44 bits per heavy atom. The molecular formula is C11H20N4O2S. The van der Waals surface area contributed by atoms with Gasteiger partial charge in [0.15, 0.2) is 0 Å². The van der Waals surface area contributed by atoms with Crippen molar-refractivity contribution in [2.75, 3.05) is 43.6 Å². The number of nitrogens with zero attached hydrogens (tertiary/aromatic N) is 2. The molecule has 1 saturated heterocycles. The number of hydrogen-bond donors (Lipinski definition) is 2. The largest absolute Gasteiger partial charge is 0.407 e. The number of nitrogens with one attached hydrogen (secondary N) is 2. The van der Waals surface area contributed by atoms with Crippen LogP contribution in [0.1, 0.15) is 12.3 Å². The summed E-state index contributed by atoms with van der Waals surface area (Å²) >= 11 is 2.01. The van der Waals surface area contributed by atoms with Gasteiger partial charge >= 0.3 is 6.01 Å². The van der Waals surface area contributed by atoms with Crippen LogP contribution in [0.3, 0.4) is 0 Å². The lowest BCUT2D eigenvalue weighted by atomic mass is 10.1. The lowest BCUT2D eigenvalue weighted by molar-refractivity contribution is 0.198. The maximum atomic E-state index is 5.48. The fraction of sp³-hybridized carbons (Fsp3) is 0.818. The first-order chi connectivity index (χ1) is 8.88. The van der Waals surface area contributed by atoms with E-state index in [1.54, 1.807) is 7.11 Å². The van der Waals surface area contributed by atoms with E-state index in [9.17, 15) is 0 Å². The second kappa shape index (κ2) is 7.60. The molecule has 0 bridgehead atoms. The lowest BCUT2D eigenvalue weighted by Crippen LogP contribution is -2.18. The molecule has 1 atom stereocenters. The normalized spacial score (nSPS) is 19.3. The quantitative estimate of drug-likeness (QED) is 0.683. The standard InChI is InChI=1S/C11H20N4O2S/c1-16-4-3-12-7-10-14-15-11(17-10)13-6-9-2-5-18-8-9/h9,12H,2-8H2,1H3,(H,13,15). The van der Waals surface area contributed by atoms with E-state index in [0.717, 1.165) is 19.0 Å². The van der Waals surface area contributed by atoms with Crippen LogP contribution in [0.2, 0.25) is 0 Å². The molecule has 1 aliphatic heterocycles. The lowest BCUT2D eigenvalue weighted by Gasteiger charge is -2.06. The van der Waals surface area contributed by atoms with Crippen molar-refractivity contribution < 1.29 is 9.15 Å². The van der Waals surface area contributed by atoms with Crippen LogP contribution in [-0.2, 0) is 11.3 Å². The van der Waals surface area contributed by atoms with Crippen molar-refractivity contribution in [1.82, 2.24) is 15.5 Å². The molecular weight excluding hydrogens is 252 g/mol. The summed E-state index contributed by atoms with van der Waals surface area (Å²) in [6.45, 7) is 2.96. The van der Waals surface area contributed by atoms with Gasteiger partial charge in [-0.25, -0.2) is 0 Å². The molecule has 0 aromatic carbocycles. The number of hydrogen-bond acceptors (Lipinski definition) is 7. The van der Waals surface area contributed by atoms with Crippen LogP contribution in [0.15, 0.2) is 4.42 Å². The molecule has 6 nitrogen and oxygen atoms in total. The number of anilines is 1. The van der Waals surface area contributed by atoms with Crippen molar-refractivity contribution in [2.24, 2.45) is 5.92 Å². The molecule has 2 heterocycles. The van der Waals surface area contributed by atoms with E-state index in [-0.39, 0.29) is 0 Å². The van der Waals surface area contributed by atoms with Gasteiger partial charge in [0.2, 0.25) is 5.89 Å². The summed E-state index contributed by atoms with van der Waals surface area (Å²) in [5, 5.41) is 14.3. The summed E-state index contributed by atoms with van der Waals surface area (Å²) in [6, 6.07) is 0.524. The molecule has 1 unspecified atom stereocenters. The highest BCUT2D eigenvalue weighted by Gasteiger charge is 2.16. The van der Waals surface area contributed by atoms with Crippen LogP contribution in [-0.4, -0.2) is 48.5 Å². The van der Waals surface area contributed by atoms with Gasteiger partial charge in [0.1, 0.15) is 0 Å². The Hall–Kier alpha value is -0.790. The Morgan fingerprint density at radius 1 is 1.50 bits per heavy atom. The van der Waals surface area contributed by atoms with E-state index in [4.69, 9.17) is 9.15 Å². The highest BCUT2D eigenvalue weighted by atomic mass is 32.2. The molecule has 2 rings (SSSR count). The average Bonchev–Trinajstić information content (AvgIpc) is 3.03. The van der Waals surface area contributed by atoms with E-state index in [1.807, 2.05) is 11.8 Å². The van der Waals surface area contributed by atoms with Crippen molar-refractivity contribution in [3.05, 3.63) is 5.89 Å². The van der Waals surface area contributed by atoms with E-state index in [0.29, 0.717) is 25.1 Å². The molecule has 7 heteroatoms. The van der Waals surface area contributed by atoms with Gasteiger partial charge in [-0.2, -0.15) is 11.8 Å². The zero-order valence-corrected chi connectivity index (χ0v) is 11.5. The third kappa shape index (κ3) is 4.47. The average molecular weight is 272 g/mol. The predicted octanol–water partition coefficient (Wildman–Crippen LogP) is 0.971. The summed E-state index contributed by atoms with van der Waals surface area (Å²) in [5.74, 6) is 3.83. The Labute approximate surface area is 111 Å². The van der Waals surface area contributed by atoms with Gasteiger partial charge in [-0.05, 0) is 23.8 Å². The molecule has 1 fully saturated rings. The fourth-order valence-electron chi connectivity index (χ4n) is 1.74. The monoisotopic (exact) mass is 272 g/mol. The highest BCUT2D eigenvalue weighted by molar-refractivity contribution is 7.99. The molecule has 0 spiro atoms. The van der Waals surface area contributed by atoms with Crippen LogP contribution >= 0.6 is 11.8 Å². The molecule has 1 aromatic heterocycles. The second-order valence-electron chi connectivity index (χ2n) is 4.28. The van der Waals surface area contributed by atoms with Crippen LogP contribution < -0.4 is 10.6 Å². The van der Waals surface area contributed by atoms with E-state index >= 15 is 0 Å². The number of methoxy groups -OCH3 is 1. The predicted molar refractivity (Wildman–Crippen MR) is 71.8 cm³/mol.